The van der Waals surface area contributed by atoms with Crippen molar-refractivity contribution < 1.29 is 8.78 Å². The Hall–Kier alpha value is -1.26. The molecule has 1 aliphatic rings. The minimum atomic E-state index is -0.345. The molecule has 0 saturated heterocycles. The maximum atomic E-state index is 14.0. The van der Waals surface area contributed by atoms with Crippen molar-refractivity contribution in [1.82, 2.24) is 5.32 Å². The van der Waals surface area contributed by atoms with E-state index in [0.717, 1.165) is 29.9 Å². The SMILES string of the molecule is Fc1sc2c(F)cccc2c1C1=CCCNC1. The van der Waals surface area contributed by atoms with E-state index in [9.17, 15) is 8.78 Å². The first-order chi connectivity index (χ1) is 8.27. The minimum Gasteiger partial charge on any atom is -0.312 e. The lowest BCUT2D eigenvalue weighted by atomic mass is 10.0. The molecule has 4 heteroatoms. The number of hydrogen-bond acceptors (Lipinski definition) is 2. The van der Waals surface area contributed by atoms with Crippen LogP contribution in [0.4, 0.5) is 8.78 Å². The van der Waals surface area contributed by atoms with Gasteiger partial charge in [0.1, 0.15) is 5.82 Å². The summed E-state index contributed by atoms with van der Waals surface area (Å²) in [6, 6.07) is 4.78. The van der Waals surface area contributed by atoms with Gasteiger partial charge in [0.25, 0.3) is 0 Å². The van der Waals surface area contributed by atoms with Gasteiger partial charge in [-0.2, -0.15) is 4.39 Å². The molecule has 0 atom stereocenters. The maximum absolute atomic E-state index is 14.0. The molecule has 0 aliphatic carbocycles. The monoisotopic (exact) mass is 251 g/mol. The lowest BCUT2D eigenvalue weighted by molar-refractivity contribution is 0.641. The molecule has 1 nitrogen and oxygen atoms in total. The first kappa shape index (κ1) is 10.9. The Morgan fingerprint density at radius 3 is 2.88 bits per heavy atom. The van der Waals surface area contributed by atoms with Crippen molar-refractivity contribution >= 4 is 27.0 Å². The number of thiophene rings is 1. The minimum absolute atomic E-state index is 0.292. The highest BCUT2D eigenvalue weighted by molar-refractivity contribution is 7.17. The second-order valence-corrected chi connectivity index (χ2v) is 5.03. The summed E-state index contributed by atoms with van der Waals surface area (Å²) in [6.45, 7) is 1.57. The second-order valence-electron chi connectivity index (χ2n) is 4.06. The second kappa shape index (κ2) is 4.20. The Morgan fingerprint density at radius 2 is 2.12 bits per heavy atom. The van der Waals surface area contributed by atoms with Crippen LogP contribution < -0.4 is 5.32 Å². The van der Waals surface area contributed by atoms with Crippen LogP contribution in [0.2, 0.25) is 0 Å². The quantitative estimate of drug-likeness (QED) is 0.817. The van der Waals surface area contributed by atoms with Gasteiger partial charge >= 0.3 is 0 Å². The van der Waals surface area contributed by atoms with E-state index < -0.39 is 0 Å². The average molecular weight is 251 g/mol. The van der Waals surface area contributed by atoms with E-state index >= 15 is 0 Å². The molecule has 1 aliphatic heterocycles. The maximum Gasteiger partial charge on any atom is 0.185 e. The Bertz CT molecular complexity index is 601. The van der Waals surface area contributed by atoms with Crippen molar-refractivity contribution in [3.63, 3.8) is 0 Å². The first-order valence-corrected chi connectivity index (χ1v) is 6.35. The lowest BCUT2D eigenvalue weighted by Gasteiger charge is -2.13. The normalized spacial score (nSPS) is 16.2. The first-order valence-electron chi connectivity index (χ1n) is 5.54. The predicted molar refractivity (Wildman–Crippen MR) is 67.2 cm³/mol. The van der Waals surface area contributed by atoms with Gasteiger partial charge in [-0.15, -0.1) is 11.3 Å². The Morgan fingerprint density at radius 1 is 1.24 bits per heavy atom. The molecule has 1 aromatic carbocycles. The highest BCUT2D eigenvalue weighted by Crippen LogP contribution is 2.36. The van der Waals surface area contributed by atoms with E-state index in [-0.39, 0.29) is 10.9 Å². The fourth-order valence-electron chi connectivity index (χ4n) is 2.19. The van der Waals surface area contributed by atoms with Crippen LogP contribution in [0.1, 0.15) is 12.0 Å². The van der Waals surface area contributed by atoms with E-state index in [1.54, 1.807) is 12.1 Å². The van der Waals surface area contributed by atoms with Crippen LogP contribution in [-0.4, -0.2) is 13.1 Å². The molecule has 88 valence electrons. The molecule has 1 N–H and O–H groups in total. The van der Waals surface area contributed by atoms with Gasteiger partial charge in [-0.25, -0.2) is 4.39 Å². The molecule has 0 unspecified atom stereocenters. The zero-order valence-corrected chi connectivity index (χ0v) is 9.91. The molecule has 0 fully saturated rings. The van der Waals surface area contributed by atoms with Gasteiger partial charge in [0.2, 0.25) is 0 Å². The summed E-state index contributed by atoms with van der Waals surface area (Å²) in [6.07, 6.45) is 2.92. The number of benzene rings is 1. The topological polar surface area (TPSA) is 12.0 Å². The van der Waals surface area contributed by atoms with Crippen molar-refractivity contribution in [3.8, 4) is 0 Å². The number of nitrogens with one attached hydrogen (secondary N) is 1. The summed E-state index contributed by atoms with van der Waals surface area (Å²) in [5.41, 5.74) is 1.50. The average Bonchev–Trinajstić information content (AvgIpc) is 2.68. The standard InChI is InChI=1S/C13H11F2NS/c14-10-5-1-4-9-11(13(15)17-12(9)10)8-3-2-6-16-7-8/h1,3-5,16H,2,6-7H2. The summed E-state index contributed by atoms with van der Waals surface area (Å²) in [7, 11) is 0. The number of halogens is 2. The van der Waals surface area contributed by atoms with Gasteiger partial charge < -0.3 is 5.32 Å². The molecular formula is C13H11F2NS. The third kappa shape index (κ3) is 1.77. The molecule has 0 saturated carbocycles. The third-order valence-electron chi connectivity index (χ3n) is 2.97. The van der Waals surface area contributed by atoms with Crippen molar-refractivity contribution in [2.45, 2.75) is 6.42 Å². The number of rotatable bonds is 1. The van der Waals surface area contributed by atoms with Gasteiger partial charge in [0, 0.05) is 17.5 Å². The fraction of sp³-hybridized carbons (Fsp3) is 0.231. The summed E-state index contributed by atoms with van der Waals surface area (Å²) in [4.78, 5) is 0. The molecule has 2 heterocycles. The van der Waals surface area contributed by atoms with Crippen molar-refractivity contribution in [3.05, 3.63) is 40.8 Å². The fourth-order valence-corrected chi connectivity index (χ4v) is 3.16. The zero-order valence-electron chi connectivity index (χ0n) is 9.09. The molecular weight excluding hydrogens is 240 g/mol. The molecule has 0 radical (unpaired) electrons. The van der Waals surface area contributed by atoms with Crippen LogP contribution in [-0.2, 0) is 0 Å². The van der Waals surface area contributed by atoms with E-state index in [1.165, 1.54) is 6.07 Å². The van der Waals surface area contributed by atoms with E-state index in [1.807, 2.05) is 6.08 Å². The number of fused-ring (bicyclic) bond motifs is 1. The van der Waals surface area contributed by atoms with Crippen molar-refractivity contribution in [1.29, 1.82) is 0 Å². The predicted octanol–water partition coefficient (Wildman–Crippen LogP) is 3.56. The van der Waals surface area contributed by atoms with Crippen molar-refractivity contribution in [2.75, 3.05) is 13.1 Å². The van der Waals surface area contributed by atoms with E-state index in [4.69, 9.17) is 0 Å². The summed E-state index contributed by atoms with van der Waals surface area (Å²) < 4.78 is 27.9. The van der Waals surface area contributed by atoms with Crippen LogP contribution in [0.3, 0.4) is 0 Å². The molecule has 0 bridgehead atoms. The smallest absolute Gasteiger partial charge is 0.185 e. The summed E-state index contributed by atoms with van der Waals surface area (Å²) >= 11 is 0.889. The van der Waals surface area contributed by atoms with Gasteiger partial charge in [-0.05, 0) is 24.6 Å². The van der Waals surface area contributed by atoms with Crippen LogP contribution in [0.25, 0.3) is 15.7 Å². The lowest BCUT2D eigenvalue weighted by Crippen LogP contribution is -2.21. The molecule has 1 aromatic heterocycles. The van der Waals surface area contributed by atoms with Gasteiger partial charge in [0.15, 0.2) is 5.13 Å². The molecule has 3 rings (SSSR count). The highest BCUT2D eigenvalue weighted by atomic mass is 32.1. The Kier molecular flexibility index (Phi) is 2.68. The molecule has 2 aromatic rings. The molecule has 17 heavy (non-hydrogen) atoms. The van der Waals surface area contributed by atoms with Crippen LogP contribution in [0.15, 0.2) is 24.3 Å². The van der Waals surface area contributed by atoms with Gasteiger partial charge in [-0.1, -0.05) is 18.2 Å². The zero-order chi connectivity index (χ0) is 11.8. The van der Waals surface area contributed by atoms with Gasteiger partial charge in [0.05, 0.1) is 4.70 Å². The molecule has 0 spiro atoms. The van der Waals surface area contributed by atoms with Crippen molar-refractivity contribution in [2.24, 2.45) is 0 Å². The molecule has 0 amide bonds. The highest BCUT2D eigenvalue weighted by Gasteiger charge is 2.18. The van der Waals surface area contributed by atoms with Crippen LogP contribution >= 0.6 is 11.3 Å². The largest absolute Gasteiger partial charge is 0.312 e. The van der Waals surface area contributed by atoms with Crippen LogP contribution in [0.5, 0.6) is 0 Å². The number of hydrogen-bond donors (Lipinski definition) is 1. The Balaban J connectivity index is 2.25. The van der Waals surface area contributed by atoms with Crippen LogP contribution in [0, 0.1) is 10.9 Å². The van der Waals surface area contributed by atoms with Gasteiger partial charge in [-0.3, -0.25) is 0 Å². The third-order valence-corrected chi connectivity index (χ3v) is 3.98. The van der Waals surface area contributed by atoms with E-state index in [0.29, 0.717) is 22.2 Å². The summed E-state index contributed by atoms with van der Waals surface area (Å²) in [5, 5.41) is 3.60. The Labute approximate surface area is 102 Å². The van der Waals surface area contributed by atoms with E-state index in [2.05, 4.69) is 5.32 Å². The summed E-state index contributed by atoms with van der Waals surface area (Å²) in [5.74, 6) is -0.345.